The Balaban J connectivity index is 0.000000462. The highest BCUT2D eigenvalue weighted by Gasteiger charge is 2.28. The number of carbonyl (C=O) groups is 2. The molecule has 2 atom stereocenters. The van der Waals surface area contributed by atoms with Crippen LogP contribution >= 0.6 is 0 Å². The Labute approximate surface area is 152 Å². The molecule has 0 aliphatic carbocycles. The van der Waals surface area contributed by atoms with Crippen LogP contribution in [0.3, 0.4) is 0 Å². The summed E-state index contributed by atoms with van der Waals surface area (Å²) in [6.45, 7) is 15.8. The van der Waals surface area contributed by atoms with E-state index in [2.05, 4.69) is 0 Å². The van der Waals surface area contributed by atoms with Crippen molar-refractivity contribution in [3.8, 4) is 0 Å². The first-order valence-electron chi connectivity index (χ1n) is 9.24. The van der Waals surface area contributed by atoms with Gasteiger partial charge < -0.3 is 18.9 Å². The summed E-state index contributed by atoms with van der Waals surface area (Å²) in [5, 5.41) is 0. The molecule has 0 bridgehead atoms. The number of esters is 2. The van der Waals surface area contributed by atoms with Gasteiger partial charge in [-0.2, -0.15) is 0 Å². The monoisotopic (exact) mass is 360 g/mol. The second-order valence-corrected chi connectivity index (χ2v) is 7.01. The van der Waals surface area contributed by atoms with Crippen LogP contribution in [-0.2, 0) is 28.5 Å². The highest BCUT2D eigenvalue weighted by atomic mass is 16.7. The van der Waals surface area contributed by atoms with Gasteiger partial charge in [-0.1, -0.05) is 20.8 Å². The van der Waals surface area contributed by atoms with Crippen molar-refractivity contribution in [2.45, 2.75) is 67.6 Å². The molecule has 1 rings (SSSR count). The van der Waals surface area contributed by atoms with Crippen molar-refractivity contribution in [2.24, 2.45) is 17.3 Å². The standard InChI is InChI=1S/C10H20O3.C9H16O3/c1-6-10(4,5)9(11)13-8(3)12-7-2;1-3-7(2)9(10)12-6-8-4-11-5-8/h8H,6-7H2,1-5H3;7-8H,3-6H2,1-2H3. The summed E-state index contributed by atoms with van der Waals surface area (Å²) in [6.07, 6.45) is 1.17. The minimum Gasteiger partial charge on any atom is -0.465 e. The maximum atomic E-state index is 11.5. The van der Waals surface area contributed by atoms with E-state index in [4.69, 9.17) is 18.9 Å². The van der Waals surface area contributed by atoms with Crippen molar-refractivity contribution >= 4 is 11.9 Å². The quantitative estimate of drug-likeness (QED) is 0.462. The molecule has 0 aromatic heterocycles. The molecule has 6 nitrogen and oxygen atoms in total. The number of hydrogen-bond donors (Lipinski definition) is 0. The minimum atomic E-state index is -0.441. The van der Waals surface area contributed by atoms with Crippen molar-refractivity contribution in [1.29, 1.82) is 0 Å². The van der Waals surface area contributed by atoms with Gasteiger partial charge in [0.2, 0.25) is 0 Å². The van der Waals surface area contributed by atoms with Crippen LogP contribution in [0.1, 0.15) is 61.3 Å². The normalized spacial score (nSPS) is 16.8. The molecule has 0 aromatic rings. The summed E-state index contributed by atoms with van der Waals surface area (Å²) in [5.41, 5.74) is -0.411. The third kappa shape index (κ3) is 9.80. The number of ether oxygens (including phenoxy) is 4. The zero-order valence-corrected chi connectivity index (χ0v) is 16.9. The predicted octanol–water partition coefficient (Wildman–Crippen LogP) is 3.57. The highest BCUT2D eigenvalue weighted by molar-refractivity contribution is 5.75. The molecule has 0 aromatic carbocycles. The Morgan fingerprint density at radius 1 is 1.16 bits per heavy atom. The molecule has 1 aliphatic heterocycles. The molecule has 0 spiro atoms. The molecule has 6 heteroatoms. The molecule has 25 heavy (non-hydrogen) atoms. The summed E-state index contributed by atoms with van der Waals surface area (Å²) in [4.78, 5) is 22.6. The first-order valence-corrected chi connectivity index (χ1v) is 9.24. The molecule has 0 N–H and O–H groups in total. The van der Waals surface area contributed by atoms with E-state index in [0.29, 0.717) is 19.1 Å². The molecule has 0 saturated carbocycles. The van der Waals surface area contributed by atoms with Gasteiger partial charge in [-0.05, 0) is 40.5 Å². The minimum absolute atomic E-state index is 0.0333. The van der Waals surface area contributed by atoms with Gasteiger partial charge in [0.15, 0.2) is 6.29 Å². The Morgan fingerprint density at radius 2 is 1.76 bits per heavy atom. The fourth-order valence-electron chi connectivity index (χ4n) is 1.61. The van der Waals surface area contributed by atoms with Crippen LogP contribution in [0.2, 0.25) is 0 Å². The average Bonchev–Trinajstić information content (AvgIpc) is 2.53. The summed E-state index contributed by atoms with van der Waals surface area (Å²) in [5.74, 6) is 0.198. The fourth-order valence-corrected chi connectivity index (χ4v) is 1.61. The lowest BCUT2D eigenvalue weighted by atomic mass is 9.91. The van der Waals surface area contributed by atoms with Gasteiger partial charge in [0, 0.05) is 12.5 Å². The van der Waals surface area contributed by atoms with E-state index in [-0.39, 0.29) is 17.9 Å². The summed E-state index contributed by atoms with van der Waals surface area (Å²) in [7, 11) is 0. The van der Waals surface area contributed by atoms with Crippen LogP contribution in [0, 0.1) is 17.3 Å². The van der Waals surface area contributed by atoms with Gasteiger partial charge >= 0.3 is 11.9 Å². The summed E-state index contributed by atoms with van der Waals surface area (Å²) in [6, 6.07) is 0. The van der Waals surface area contributed by atoms with E-state index in [1.165, 1.54) is 0 Å². The molecule has 2 unspecified atom stereocenters. The first-order chi connectivity index (χ1) is 11.7. The average molecular weight is 360 g/mol. The van der Waals surface area contributed by atoms with E-state index >= 15 is 0 Å². The smallest absolute Gasteiger partial charge is 0.313 e. The molecule has 1 saturated heterocycles. The van der Waals surface area contributed by atoms with E-state index in [1.54, 1.807) is 6.92 Å². The topological polar surface area (TPSA) is 71.1 Å². The Bertz CT molecular complexity index is 389. The number of carbonyl (C=O) groups excluding carboxylic acids is 2. The Hall–Kier alpha value is -1.14. The number of rotatable bonds is 9. The maximum absolute atomic E-state index is 11.5. The van der Waals surface area contributed by atoms with Crippen molar-refractivity contribution in [1.82, 2.24) is 0 Å². The maximum Gasteiger partial charge on any atom is 0.313 e. The van der Waals surface area contributed by atoms with Crippen LogP contribution in [-0.4, -0.2) is 44.7 Å². The lowest BCUT2D eigenvalue weighted by Gasteiger charge is -2.25. The molecule has 1 fully saturated rings. The lowest BCUT2D eigenvalue weighted by Crippen LogP contribution is -2.33. The van der Waals surface area contributed by atoms with Crippen molar-refractivity contribution < 1.29 is 28.5 Å². The molecule has 1 heterocycles. The lowest BCUT2D eigenvalue weighted by molar-refractivity contribution is -0.184. The largest absolute Gasteiger partial charge is 0.465 e. The molecular formula is C19H36O6. The summed E-state index contributed by atoms with van der Waals surface area (Å²) < 4.78 is 20.2. The van der Waals surface area contributed by atoms with Gasteiger partial charge in [-0.15, -0.1) is 0 Å². The first kappa shape index (κ1) is 23.9. The van der Waals surface area contributed by atoms with E-state index in [1.807, 2.05) is 41.5 Å². The number of hydrogen-bond acceptors (Lipinski definition) is 6. The fraction of sp³-hybridized carbons (Fsp3) is 0.895. The van der Waals surface area contributed by atoms with Crippen LogP contribution in [0.25, 0.3) is 0 Å². The summed E-state index contributed by atoms with van der Waals surface area (Å²) >= 11 is 0. The third-order valence-electron chi connectivity index (χ3n) is 4.29. The zero-order chi connectivity index (χ0) is 19.5. The van der Waals surface area contributed by atoms with E-state index < -0.39 is 11.7 Å². The van der Waals surface area contributed by atoms with Gasteiger partial charge in [-0.3, -0.25) is 9.59 Å². The second kappa shape index (κ2) is 12.3. The third-order valence-corrected chi connectivity index (χ3v) is 4.29. The van der Waals surface area contributed by atoms with Crippen LogP contribution in [0.4, 0.5) is 0 Å². The molecule has 1 aliphatic rings. The van der Waals surface area contributed by atoms with Crippen LogP contribution in [0.5, 0.6) is 0 Å². The predicted molar refractivity (Wildman–Crippen MR) is 96.0 cm³/mol. The zero-order valence-electron chi connectivity index (χ0n) is 16.9. The van der Waals surface area contributed by atoms with Crippen LogP contribution in [0.15, 0.2) is 0 Å². The van der Waals surface area contributed by atoms with Crippen LogP contribution < -0.4 is 0 Å². The van der Waals surface area contributed by atoms with Crippen molar-refractivity contribution in [2.75, 3.05) is 26.4 Å². The molecule has 0 amide bonds. The Morgan fingerprint density at radius 3 is 2.16 bits per heavy atom. The van der Waals surface area contributed by atoms with E-state index in [9.17, 15) is 9.59 Å². The molecule has 0 radical (unpaired) electrons. The molecular weight excluding hydrogens is 324 g/mol. The van der Waals surface area contributed by atoms with Gasteiger partial charge in [0.05, 0.1) is 31.2 Å². The van der Waals surface area contributed by atoms with E-state index in [0.717, 1.165) is 26.1 Å². The van der Waals surface area contributed by atoms with Gasteiger partial charge in [-0.25, -0.2) is 0 Å². The van der Waals surface area contributed by atoms with Crippen molar-refractivity contribution in [3.05, 3.63) is 0 Å². The van der Waals surface area contributed by atoms with Crippen molar-refractivity contribution in [3.63, 3.8) is 0 Å². The second-order valence-electron chi connectivity index (χ2n) is 7.01. The van der Waals surface area contributed by atoms with Gasteiger partial charge in [0.1, 0.15) is 0 Å². The highest BCUT2D eigenvalue weighted by Crippen LogP contribution is 2.22. The Kier molecular flexibility index (Phi) is 11.7. The molecule has 148 valence electrons. The van der Waals surface area contributed by atoms with Gasteiger partial charge in [0.25, 0.3) is 0 Å². The SMILES string of the molecule is CCC(C)C(=O)OCC1COC1.CCOC(C)OC(=O)C(C)(C)CC.